The maximum absolute atomic E-state index is 13.5. The molecule has 1 fully saturated rings. The Morgan fingerprint density at radius 2 is 2.06 bits per heavy atom. The van der Waals surface area contributed by atoms with E-state index in [1.807, 2.05) is 0 Å². The van der Waals surface area contributed by atoms with E-state index in [4.69, 9.17) is 0 Å². The van der Waals surface area contributed by atoms with Crippen molar-refractivity contribution in [3.05, 3.63) is 34.0 Å². The van der Waals surface area contributed by atoms with E-state index in [-0.39, 0.29) is 23.0 Å². The minimum atomic E-state index is -0.340. The molecule has 0 aromatic carbocycles. The zero-order valence-electron chi connectivity index (χ0n) is 11.5. The molecule has 100 valence electrons. The molecule has 1 saturated heterocycles. The number of nitrogens with zero attached hydrogens (tertiary/aromatic N) is 2. The predicted octanol–water partition coefficient (Wildman–Crippen LogP) is 2.46. The molecule has 0 spiro atoms. The van der Waals surface area contributed by atoms with Gasteiger partial charge in [-0.3, -0.25) is 9.69 Å². The molecule has 2 rings (SSSR count). The van der Waals surface area contributed by atoms with Crippen LogP contribution in [0.3, 0.4) is 0 Å². The Morgan fingerprint density at radius 3 is 2.67 bits per heavy atom. The summed E-state index contributed by atoms with van der Waals surface area (Å²) in [5.41, 5.74) is 0.501. The number of likely N-dealkylation sites (tertiary alicyclic amines) is 1. The first-order valence-corrected chi connectivity index (χ1v) is 6.43. The molecule has 0 radical (unpaired) electrons. The van der Waals surface area contributed by atoms with Crippen molar-refractivity contribution in [2.24, 2.45) is 7.05 Å². The second-order valence-corrected chi connectivity index (χ2v) is 6.05. The van der Waals surface area contributed by atoms with Gasteiger partial charge in [-0.2, -0.15) is 0 Å². The smallest absolute Gasteiger partial charge is 0.255 e. The number of pyridine rings is 1. The van der Waals surface area contributed by atoms with Gasteiger partial charge in [0.1, 0.15) is 5.82 Å². The zero-order chi connectivity index (χ0) is 13.5. The van der Waals surface area contributed by atoms with Crippen LogP contribution in [0.1, 0.15) is 45.2 Å². The molecular formula is C14H21FN2O. The zero-order valence-corrected chi connectivity index (χ0v) is 11.5. The Bertz CT molecular complexity index is 501. The fraction of sp³-hybridized carbons (Fsp3) is 0.643. The molecule has 1 atom stereocenters. The SMILES string of the molecule is Cn1cc(F)cc(C2CCCN2C(C)(C)C)c1=O. The van der Waals surface area contributed by atoms with Gasteiger partial charge in [-0.1, -0.05) is 0 Å². The maximum atomic E-state index is 13.5. The van der Waals surface area contributed by atoms with Gasteiger partial charge in [0.05, 0.1) is 0 Å². The largest absolute Gasteiger partial charge is 0.315 e. The van der Waals surface area contributed by atoms with E-state index in [1.54, 1.807) is 7.05 Å². The second kappa shape index (κ2) is 4.50. The monoisotopic (exact) mass is 252 g/mol. The van der Waals surface area contributed by atoms with Crippen molar-refractivity contribution in [1.82, 2.24) is 9.47 Å². The molecule has 1 aliphatic heterocycles. The minimum Gasteiger partial charge on any atom is -0.315 e. The number of halogens is 1. The van der Waals surface area contributed by atoms with Crippen LogP contribution in [-0.2, 0) is 7.05 Å². The molecule has 1 aromatic rings. The van der Waals surface area contributed by atoms with Gasteiger partial charge in [-0.25, -0.2) is 4.39 Å². The lowest BCUT2D eigenvalue weighted by Gasteiger charge is -2.37. The first-order valence-electron chi connectivity index (χ1n) is 6.43. The molecule has 0 amide bonds. The first kappa shape index (κ1) is 13.3. The Morgan fingerprint density at radius 1 is 1.39 bits per heavy atom. The lowest BCUT2D eigenvalue weighted by atomic mass is 10.00. The number of rotatable bonds is 1. The van der Waals surface area contributed by atoms with Crippen LogP contribution in [0.4, 0.5) is 4.39 Å². The third-order valence-electron chi connectivity index (χ3n) is 3.65. The highest BCUT2D eigenvalue weighted by atomic mass is 19.1. The Hall–Kier alpha value is -1.16. The third-order valence-corrected chi connectivity index (χ3v) is 3.65. The molecule has 2 heterocycles. The summed E-state index contributed by atoms with van der Waals surface area (Å²) < 4.78 is 14.8. The van der Waals surface area contributed by atoms with Crippen LogP contribution in [0.2, 0.25) is 0 Å². The van der Waals surface area contributed by atoms with Crippen LogP contribution >= 0.6 is 0 Å². The number of aryl methyl sites for hydroxylation is 1. The van der Waals surface area contributed by atoms with E-state index in [9.17, 15) is 9.18 Å². The molecule has 4 heteroatoms. The quantitative estimate of drug-likeness (QED) is 0.767. The number of aromatic nitrogens is 1. The highest BCUT2D eigenvalue weighted by Gasteiger charge is 2.35. The van der Waals surface area contributed by atoms with Gasteiger partial charge in [-0.15, -0.1) is 0 Å². The summed E-state index contributed by atoms with van der Waals surface area (Å²) in [6, 6.07) is 1.44. The Labute approximate surface area is 107 Å². The van der Waals surface area contributed by atoms with Gasteiger partial charge in [0, 0.05) is 30.4 Å². The van der Waals surface area contributed by atoms with E-state index < -0.39 is 0 Å². The molecule has 0 bridgehead atoms. The van der Waals surface area contributed by atoms with Crippen molar-refractivity contribution < 1.29 is 4.39 Å². The van der Waals surface area contributed by atoms with Gasteiger partial charge in [0.15, 0.2) is 0 Å². The molecule has 1 unspecified atom stereocenters. The summed E-state index contributed by atoms with van der Waals surface area (Å²) in [6.07, 6.45) is 3.22. The third kappa shape index (κ3) is 2.34. The van der Waals surface area contributed by atoms with Crippen LogP contribution in [0.15, 0.2) is 17.1 Å². The van der Waals surface area contributed by atoms with E-state index in [1.165, 1.54) is 16.8 Å². The maximum Gasteiger partial charge on any atom is 0.255 e. The second-order valence-electron chi connectivity index (χ2n) is 6.05. The summed E-state index contributed by atoms with van der Waals surface area (Å²) in [5.74, 6) is -0.340. The highest BCUT2D eigenvalue weighted by molar-refractivity contribution is 5.18. The van der Waals surface area contributed by atoms with Crippen molar-refractivity contribution in [2.45, 2.75) is 45.2 Å². The topological polar surface area (TPSA) is 25.2 Å². The average molecular weight is 252 g/mol. The normalized spacial score (nSPS) is 21.5. The van der Waals surface area contributed by atoms with E-state index >= 15 is 0 Å². The van der Waals surface area contributed by atoms with Crippen LogP contribution < -0.4 is 5.56 Å². The molecule has 0 N–H and O–H groups in total. The summed E-state index contributed by atoms with van der Waals surface area (Å²) in [5, 5.41) is 0. The van der Waals surface area contributed by atoms with Crippen LogP contribution in [-0.4, -0.2) is 21.6 Å². The van der Waals surface area contributed by atoms with Crippen LogP contribution in [0.5, 0.6) is 0 Å². The fourth-order valence-corrected chi connectivity index (χ4v) is 2.83. The van der Waals surface area contributed by atoms with Gasteiger partial charge in [-0.05, 0) is 46.2 Å². The fourth-order valence-electron chi connectivity index (χ4n) is 2.83. The van der Waals surface area contributed by atoms with E-state index in [2.05, 4.69) is 25.7 Å². The predicted molar refractivity (Wildman–Crippen MR) is 70.1 cm³/mol. The standard InChI is InChI=1S/C14H21FN2O/c1-14(2,3)17-7-5-6-12(17)11-8-10(15)9-16(4)13(11)18/h8-9,12H,5-7H2,1-4H3. The number of hydrogen-bond acceptors (Lipinski definition) is 2. The van der Waals surface area contributed by atoms with Gasteiger partial charge >= 0.3 is 0 Å². The molecule has 3 nitrogen and oxygen atoms in total. The van der Waals surface area contributed by atoms with E-state index in [0.29, 0.717) is 5.56 Å². The van der Waals surface area contributed by atoms with Crippen LogP contribution in [0, 0.1) is 5.82 Å². The first-order chi connectivity index (χ1) is 8.30. The lowest BCUT2D eigenvalue weighted by Crippen LogP contribution is -2.42. The average Bonchev–Trinajstić information content (AvgIpc) is 2.71. The molecule has 0 saturated carbocycles. The number of hydrogen-bond donors (Lipinski definition) is 0. The van der Waals surface area contributed by atoms with Crippen molar-refractivity contribution in [3.63, 3.8) is 0 Å². The van der Waals surface area contributed by atoms with Gasteiger partial charge in [0.2, 0.25) is 0 Å². The molecule has 0 aliphatic carbocycles. The molecular weight excluding hydrogens is 231 g/mol. The van der Waals surface area contributed by atoms with Crippen LogP contribution in [0.25, 0.3) is 0 Å². The van der Waals surface area contributed by atoms with Crippen molar-refractivity contribution >= 4 is 0 Å². The summed E-state index contributed by atoms with van der Waals surface area (Å²) in [7, 11) is 1.60. The molecule has 18 heavy (non-hydrogen) atoms. The summed E-state index contributed by atoms with van der Waals surface area (Å²) in [4.78, 5) is 14.4. The highest BCUT2D eigenvalue weighted by Crippen LogP contribution is 2.35. The van der Waals surface area contributed by atoms with Gasteiger partial charge in [0.25, 0.3) is 5.56 Å². The minimum absolute atomic E-state index is 0.00149. The Kier molecular flexibility index (Phi) is 3.32. The summed E-state index contributed by atoms with van der Waals surface area (Å²) >= 11 is 0. The summed E-state index contributed by atoms with van der Waals surface area (Å²) in [6.45, 7) is 7.37. The lowest BCUT2D eigenvalue weighted by molar-refractivity contribution is 0.120. The van der Waals surface area contributed by atoms with Gasteiger partial charge < -0.3 is 4.57 Å². The Balaban J connectivity index is 2.46. The van der Waals surface area contributed by atoms with Crippen molar-refractivity contribution in [2.75, 3.05) is 6.54 Å². The van der Waals surface area contributed by atoms with Crippen molar-refractivity contribution in [3.8, 4) is 0 Å². The van der Waals surface area contributed by atoms with E-state index in [0.717, 1.165) is 19.4 Å². The molecule has 1 aromatic heterocycles. The molecule has 1 aliphatic rings. The van der Waals surface area contributed by atoms with Crippen molar-refractivity contribution in [1.29, 1.82) is 0 Å².